The number of benzene rings is 1. The second-order valence-electron chi connectivity index (χ2n) is 7.15. The Balaban J connectivity index is 1.58. The lowest BCUT2D eigenvalue weighted by Crippen LogP contribution is -2.54. The molecule has 1 amide bonds. The Morgan fingerprint density at radius 2 is 1.96 bits per heavy atom. The third-order valence-corrected chi connectivity index (χ3v) is 5.35. The fraction of sp³-hybridized carbons (Fsp3) is 0.632. The van der Waals surface area contributed by atoms with Gasteiger partial charge < -0.3 is 19.7 Å². The minimum Gasteiger partial charge on any atom is -0.487 e. The summed E-state index contributed by atoms with van der Waals surface area (Å²) in [5.74, 6) is -1.12. The Hall–Kier alpha value is -1.73. The molecule has 1 aromatic carbocycles. The molecule has 1 aromatic rings. The first-order valence-electron chi connectivity index (χ1n) is 9.15. The molecule has 7 heteroatoms. The summed E-state index contributed by atoms with van der Waals surface area (Å²) in [6.45, 7) is 3.22. The Labute approximate surface area is 152 Å². The summed E-state index contributed by atoms with van der Waals surface area (Å²) in [7, 11) is 1.63. The Morgan fingerprint density at radius 1 is 1.27 bits per heavy atom. The van der Waals surface area contributed by atoms with Crippen molar-refractivity contribution in [3.8, 4) is 5.75 Å². The van der Waals surface area contributed by atoms with Gasteiger partial charge in [-0.2, -0.15) is 0 Å². The first-order valence-corrected chi connectivity index (χ1v) is 9.15. The molecular weight excluding hydrogens is 342 g/mol. The van der Waals surface area contributed by atoms with E-state index in [0.29, 0.717) is 32.5 Å². The standard InChI is InChI=1S/C19H26F2N2O3/c1-25-13-19(6-8-22-9-7-19)18(24)23-10-4-15(5-11-23)26-17-3-2-14(20)12-16(17)21/h2-3,12,15,22H,4-11,13H2,1H3. The second-order valence-corrected chi connectivity index (χ2v) is 7.15. The number of likely N-dealkylation sites (tertiary alicyclic amines) is 1. The topological polar surface area (TPSA) is 50.8 Å². The van der Waals surface area contributed by atoms with Crippen LogP contribution in [0.5, 0.6) is 5.75 Å². The van der Waals surface area contributed by atoms with Gasteiger partial charge in [-0.3, -0.25) is 4.79 Å². The number of nitrogens with one attached hydrogen (secondary N) is 1. The van der Waals surface area contributed by atoms with Crippen molar-refractivity contribution in [2.24, 2.45) is 5.41 Å². The number of piperidine rings is 2. The number of nitrogens with zero attached hydrogens (tertiary/aromatic N) is 1. The summed E-state index contributed by atoms with van der Waals surface area (Å²) < 4.78 is 37.7. The largest absolute Gasteiger partial charge is 0.487 e. The molecule has 2 fully saturated rings. The normalized spacial score (nSPS) is 20.8. The Morgan fingerprint density at radius 3 is 2.58 bits per heavy atom. The molecule has 3 rings (SSSR count). The van der Waals surface area contributed by atoms with Gasteiger partial charge in [0.25, 0.3) is 0 Å². The predicted molar refractivity (Wildman–Crippen MR) is 93.0 cm³/mol. The van der Waals surface area contributed by atoms with Crippen LogP contribution in [0.1, 0.15) is 25.7 Å². The zero-order valence-electron chi connectivity index (χ0n) is 15.1. The molecule has 0 aromatic heterocycles. The monoisotopic (exact) mass is 368 g/mol. The second kappa shape index (κ2) is 8.31. The summed E-state index contributed by atoms with van der Waals surface area (Å²) >= 11 is 0. The molecule has 2 saturated heterocycles. The number of halogens is 2. The molecule has 0 atom stereocenters. The molecule has 0 aliphatic carbocycles. The lowest BCUT2D eigenvalue weighted by atomic mass is 9.78. The van der Waals surface area contributed by atoms with Crippen LogP contribution in [0.2, 0.25) is 0 Å². The van der Waals surface area contributed by atoms with Gasteiger partial charge in [-0.15, -0.1) is 0 Å². The van der Waals surface area contributed by atoms with E-state index in [1.807, 2.05) is 4.90 Å². The highest BCUT2D eigenvalue weighted by Crippen LogP contribution is 2.33. The van der Waals surface area contributed by atoms with Crippen LogP contribution in [-0.4, -0.2) is 56.8 Å². The lowest BCUT2D eigenvalue weighted by Gasteiger charge is -2.41. The predicted octanol–water partition coefficient (Wildman–Crippen LogP) is 2.35. The number of ether oxygens (including phenoxy) is 2. The van der Waals surface area contributed by atoms with Gasteiger partial charge in [-0.25, -0.2) is 8.78 Å². The van der Waals surface area contributed by atoms with E-state index in [0.717, 1.165) is 32.0 Å². The van der Waals surface area contributed by atoms with Crippen LogP contribution in [0.4, 0.5) is 8.78 Å². The van der Waals surface area contributed by atoms with Gasteiger partial charge >= 0.3 is 0 Å². The minimum absolute atomic E-state index is 0.0605. The molecule has 0 unspecified atom stereocenters. The number of methoxy groups -OCH3 is 1. The minimum atomic E-state index is -0.697. The van der Waals surface area contributed by atoms with E-state index < -0.39 is 17.0 Å². The maximum atomic E-state index is 13.7. The quantitative estimate of drug-likeness (QED) is 0.867. The number of hydrogen-bond acceptors (Lipinski definition) is 4. The van der Waals surface area contributed by atoms with Crippen LogP contribution >= 0.6 is 0 Å². The summed E-state index contributed by atoms with van der Waals surface area (Å²) in [6.07, 6.45) is 2.63. The lowest BCUT2D eigenvalue weighted by molar-refractivity contribution is -0.149. The van der Waals surface area contributed by atoms with Crippen LogP contribution in [0.25, 0.3) is 0 Å². The van der Waals surface area contributed by atoms with Crippen molar-refractivity contribution in [1.82, 2.24) is 10.2 Å². The van der Waals surface area contributed by atoms with E-state index in [9.17, 15) is 13.6 Å². The van der Waals surface area contributed by atoms with Crippen molar-refractivity contribution in [3.05, 3.63) is 29.8 Å². The van der Waals surface area contributed by atoms with Crippen molar-refractivity contribution in [2.45, 2.75) is 31.8 Å². The van der Waals surface area contributed by atoms with Gasteiger partial charge in [-0.1, -0.05) is 0 Å². The molecule has 0 saturated carbocycles. The smallest absolute Gasteiger partial charge is 0.231 e. The van der Waals surface area contributed by atoms with Crippen LogP contribution < -0.4 is 10.1 Å². The van der Waals surface area contributed by atoms with Crippen molar-refractivity contribution in [2.75, 3.05) is 39.9 Å². The van der Waals surface area contributed by atoms with Crippen LogP contribution in [0.3, 0.4) is 0 Å². The highest BCUT2D eigenvalue weighted by atomic mass is 19.1. The molecule has 2 aliphatic heterocycles. The average Bonchev–Trinajstić information content (AvgIpc) is 2.65. The van der Waals surface area contributed by atoms with Crippen LogP contribution in [0.15, 0.2) is 18.2 Å². The molecule has 2 aliphatic rings. The van der Waals surface area contributed by atoms with Gasteiger partial charge in [0.2, 0.25) is 5.91 Å². The number of carbonyl (C=O) groups excluding carboxylic acids is 1. The van der Waals surface area contributed by atoms with Crippen LogP contribution in [0, 0.1) is 17.0 Å². The first-order chi connectivity index (χ1) is 12.5. The van der Waals surface area contributed by atoms with Crippen molar-refractivity contribution in [3.63, 3.8) is 0 Å². The number of carbonyl (C=O) groups is 1. The zero-order valence-corrected chi connectivity index (χ0v) is 15.1. The molecule has 0 bridgehead atoms. The zero-order chi connectivity index (χ0) is 18.6. The van der Waals surface area contributed by atoms with E-state index in [2.05, 4.69) is 5.32 Å². The number of amides is 1. The molecule has 26 heavy (non-hydrogen) atoms. The van der Waals surface area contributed by atoms with Crippen molar-refractivity contribution < 1.29 is 23.0 Å². The van der Waals surface area contributed by atoms with Gasteiger partial charge in [0.05, 0.1) is 12.0 Å². The third kappa shape index (κ3) is 4.15. The number of rotatable bonds is 5. The highest BCUT2D eigenvalue weighted by molar-refractivity contribution is 5.83. The maximum absolute atomic E-state index is 13.7. The molecule has 2 heterocycles. The fourth-order valence-corrected chi connectivity index (χ4v) is 3.86. The van der Waals surface area contributed by atoms with Gasteiger partial charge in [-0.05, 0) is 38.1 Å². The first kappa shape index (κ1) is 19.0. The number of hydrogen-bond donors (Lipinski definition) is 1. The fourth-order valence-electron chi connectivity index (χ4n) is 3.86. The van der Waals surface area contributed by atoms with E-state index in [1.165, 1.54) is 12.1 Å². The average molecular weight is 368 g/mol. The highest BCUT2D eigenvalue weighted by Gasteiger charge is 2.43. The molecule has 144 valence electrons. The molecular formula is C19H26F2N2O3. The Bertz CT molecular complexity index is 622. The summed E-state index contributed by atoms with van der Waals surface area (Å²) in [6, 6.07) is 3.31. The van der Waals surface area contributed by atoms with E-state index in [1.54, 1.807) is 7.11 Å². The third-order valence-electron chi connectivity index (χ3n) is 5.35. The van der Waals surface area contributed by atoms with E-state index in [-0.39, 0.29) is 17.8 Å². The van der Waals surface area contributed by atoms with E-state index in [4.69, 9.17) is 9.47 Å². The molecule has 5 nitrogen and oxygen atoms in total. The summed E-state index contributed by atoms with van der Waals surface area (Å²) in [5, 5.41) is 3.29. The molecule has 0 spiro atoms. The van der Waals surface area contributed by atoms with Gasteiger partial charge in [0.1, 0.15) is 11.9 Å². The maximum Gasteiger partial charge on any atom is 0.231 e. The molecule has 0 radical (unpaired) electrons. The van der Waals surface area contributed by atoms with Crippen LogP contribution in [-0.2, 0) is 9.53 Å². The summed E-state index contributed by atoms with van der Waals surface area (Å²) in [4.78, 5) is 15.0. The SMILES string of the molecule is COCC1(C(=O)N2CCC(Oc3ccc(F)cc3F)CC2)CCNCC1. The van der Waals surface area contributed by atoms with Gasteiger partial charge in [0.15, 0.2) is 11.6 Å². The van der Waals surface area contributed by atoms with E-state index >= 15 is 0 Å². The molecule has 1 N–H and O–H groups in total. The van der Waals surface area contributed by atoms with Crippen molar-refractivity contribution >= 4 is 5.91 Å². The van der Waals surface area contributed by atoms with Crippen molar-refractivity contribution in [1.29, 1.82) is 0 Å². The van der Waals surface area contributed by atoms with Gasteiger partial charge in [0, 0.05) is 39.1 Å². The summed E-state index contributed by atoms with van der Waals surface area (Å²) in [5.41, 5.74) is -0.448. The Kier molecular flexibility index (Phi) is 6.09.